The summed E-state index contributed by atoms with van der Waals surface area (Å²) >= 11 is 0. The van der Waals surface area contributed by atoms with Crippen molar-refractivity contribution in [3.63, 3.8) is 0 Å². The Labute approximate surface area is 144 Å². The number of benzene rings is 1. The summed E-state index contributed by atoms with van der Waals surface area (Å²) in [6.07, 6.45) is 1.69. The summed E-state index contributed by atoms with van der Waals surface area (Å²) in [5.41, 5.74) is 1.31. The SMILES string of the molecule is CC(C)C[C@@H]1NC(=O)[C@H]2CN(CCc3ccccc3)CCN2C1=O. The van der Waals surface area contributed by atoms with Crippen molar-refractivity contribution in [2.75, 3.05) is 26.2 Å². The Morgan fingerprint density at radius 2 is 1.92 bits per heavy atom. The van der Waals surface area contributed by atoms with Crippen LogP contribution in [-0.2, 0) is 16.0 Å². The number of amides is 2. The molecular formula is C19H27N3O2. The molecule has 0 saturated carbocycles. The van der Waals surface area contributed by atoms with Gasteiger partial charge in [0.05, 0.1) is 0 Å². The molecule has 2 saturated heterocycles. The maximum absolute atomic E-state index is 12.6. The topological polar surface area (TPSA) is 52.7 Å². The zero-order valence-corrected chi connectivity index (χ0v) is 14.6. The van der Waals surface area contributed by atoms with Crippen molar-refractivity contribution in [2.24, 2.45) is 5.92 Å². The number of rotatable bonds is 5. The van der Waals surface area contributed by atoms with E-state index >= 15 is 0 Å². The van der Waals surface area contributed by atoms with Crippen molar-refractivity contribution in [1.29, 1.82) is 0 Å². The zero-order valence-electron chi connectivity index (χ0n) is 14.6. The van der Waals surface area contributed by atoms with Crippen LogP contribution in [0.3, 0.4) is 0 Å². The Kier molecular flexibility index (Phi) is 5.19. The fourth-order valence-electron chi connectivity index (χ4n) is 3.62. The highest BCUT2D eigenvalue weighted by atomic mass is 16.2. The van der Waals surface area contributed by atoms with Gasteiger partial charge in [0.15, 0.2) is 0 Å². The molecule has 0 aliphatic carbocycles. The number of piperazine rings is 2. The second-order valence-electron chi connectivity index (χ2n) is 7.27. The van der Waals surface area contributed by atoms with Gasteiger partial charge >= 0.3 is 0 Å². The van der Waals surface area contributed by atoms with Gasteiger partial charge in [-0.15, -0.1) is 0 Å². The molecule has 2 aliphatic rings. The Hall–Kier alpha value is -1.88. The first-order chi connectivity index (χ1) is 11.5. The highest BCUT2D eigenvalue weighted by molar-refractivity contribution is 5.97. The minimum atomic E-state index is -0.343. The fourth-order valence-corrected chi connectivity index (χ4v) is 3.62. The molecule has 2 heterocycles. The smallest absolute Gasteiger partial charge is 0.245 e. The number of fused-ring (bicyclic) bond motifs is 1. The van der Waals surface area contributed by atoms with Crippen LogP contribution in [0, 0.1) is 5.92 Å². The minimum absolute atomic E-state index is 0.00432. The lowest BCUT2D eigenvalue weighted by Crippen LogP contribution is -2.69. The first kappa shape index (κ1) is 17.0. The fraction of sp³-hybridized carbons (Fsp3) is 0.579. The van der Waals surface area contributed by atoms with Crippen LogP contribution >= 0.6 is 0 Å². The molecule has 0 spiro atoms. The predicted octanol–water partition coefficient (Wildman–Crippen LogP) is 1.29. The van der Waals surface area contributed by atoms with Crippen LogP contribution in [0.4, 0.5) is 0 Å². The first-order valence-electron chi connectivity index (χ1n) is 8.91. The minimum Gasteiger partial charge on any atom is -0.342 e. The number of nitrogens with one attached hydrogen (secondary N) is 1. The summed E-state index contributed by atoms with van der Waals surface area (Å²) in [7, 11) is 0. The highest BCUT2D eigenvalue weighted by Crippen LogP contribution is 2.19. The van der Waals surface area contributed by atoms with Crippen molar-refractivity contribution >= 4 is 11.8 Å². The molecule has 5 heteroatoms. The van der Waals surface area contributed by atoms with E-state index in [9.17, 15) is 9.59 Å². The van der Waals surface area contributed by atoms with E-state index in [1.807, 2.05) is 6.07 Å². The molecule has 1 aromatic carbocycles. The Morgan fingerprint density at radius 3 is 2.62 bits per heavy atom. The number of carbonyl (C=O) groups is 2. The van der Waals surface area contributed by atoms with Crippen molar-refractivity contribution in [1.82, 2.24) is 15.1 Å². The molecule has 0 radical (unpaired) electrons. The van der Waals surface area contributed by atoms with Gasteiger partial charge in [0.2, 0.25) is 11.8 Å². The van der Waals surface area contributed by atoms with Gasteiger partial charge in [-0.05, 0) is 24.3 Å². The Bertz CT molecular complexity index is 588. The Balaban J connectivity index is 1.58. The number of hydrogen-bond donors (Lipinski definition) is 1. The van der Waals surface area contributed by atoms with Crippen molar-refractivity contribution in [3.05, 3.63) is 35.9 Å². The normalized spacial score (nSPS) is 24.9. The molecule has 0 unspecified atom stereocenters. The van der Waals surface area contributed by atoms with Crippen LogP contribution in [0.15, 0.2) is 30.3 Å². The van der Waals surface area contributed by atoms with Crippen LogP contribution in [0.1, 0.15) is 25.8 Å². The summed E-state index contributed by atoms with van der Waals surface area (Å²) in [5, 5.41) is 2.93. The van der Waals surface area contributed by atoms with E-state index < -0.39 is 0 Å². The van der Waals surface area contributed by atoms with Crippen LogP contribution in [-0.4, -0.2) is 59.9 Å². The molecule has 0 bridgehead atoms. The molecule has 2 atom stereocenters. The van der Waals surface area contributed by atoms with Gasteiger partial charge in [-0.25, -0.2) is 0 Å². The molecule has 0 aromatic heterocycles. The monoisotopic (exact) mass is 329 g/mol. The van der Waals surface area contributed by atoms with E-state index in [-0.39, 0.29) is 23.9 Å². The standard InChI is InChI=1S/C19H27N3O2/c1-14(2)12-16-19(24)22-11-10-21(13-17(22)18(23)20-16)9-8-15-6-4-3-5-7-15/h3-7,14,16-17H,8-13H2,1-2H3,(H,20,23)/t16-,17+/m0/s1. The average molecular weight is 329 g/mol. The first-order valence-corrected chi connectivity index (χ1v) is 8.91. The molecule has 5 nitrogen and oxygen atoms in total. The molecule has 2 amide bonds. The van der Waals surface area contributed by atoms with Gasteiger partial charge in [0, 0.05) is 26.2 Å². The van der Waals surface area contributed by atoms with Gasteiger partial charge in [-0.3, -0.25) is 14.5 Å². The molecule has 1 aromatic rings. The predicted molar refractivity (Wildman–Crippen MR) is 93.5 cm³/mol. The third kappa shape index (κ3) is 3.78. The molecule has 3 rings (SSSR count). The Morgan fingerprint density at radius 1 is 1.17 bits per heavy atom. The van der Waals surface area contributed by atoms with E-state index in [1.165, 1.54) is 5.56 Å². The van der Waals surface area contributed by atoms with Crippen LogP contribution in [0.2, 0.25) is 0 Å². The van der Waals surface area contributed by atoms with Crippen LogP contribution < -0.4 is 5.32 Å². The van der Waals surface area contributed by atoms with Crippen LogP contribution in [0.25, 0.3) is 0 Å². The van der Waals surface area contributed by atoms with E-state index in [1.54, 1.807) is 4.90 Å². The summed E-state index contributed by atoms with van der Waals surface area (Å²) in [4.78, 5) is 29.2. The maximum atomic E-state index is 12.6. The number of carbonyl (C=O) groups excluding carboxylic acids is 2. The molecular weight excluding hydrogens is 302 g/mol. The molecule has 130 valence electrons. The quantitative estimate of drug-likeness (QED) is 0.885. The van der Waals surface area contributed by atoms with Gasteiger partial charge < -0.3 is 10.2 Å². The van der Waals surface area contributed by atoms with Gasteiger partial charge in [-0.1, -0.05) is 44.2 Å². The maximum Gasteiger partial charge on any atom is 0.245 e. The summed E-state index contributed by atoms with van der Waals surface area (Å²) in [6.45, 7) is 7.21. The zero-order chi connectivity index (χ0) is 17.1. The second kappa shape index (κ2) is 7.34. The summed E-state index contributed by atoms with van der Waals surface area (Å²) in [5.74, 6) is 0.489. The molecule has 2 fully saturated rings. The van der Waals surface area contributed by atoms with Gasteiger partial charge in [0.1, 0.15) is 12.1 Å². The lowest BCUT2D eigenvalue weighted by Gasteiger charge is -2.45. The third-order valence-electron chi connectivity index (χ3n) is 4.93. The van der Waals surface area contributed by atoms with E-state index in [4.69, 9.17) is 0 Å². The van der Waals surface area contributed by atoms with E-state index in [0.717, 1.165) is 19.5 Å². The van der Waals surface area contributed by atoms with E-state index in [2.05, 4.69) is 48.3 Å². The molecule has 2 aliphatic heterocycles. The summed E-state index contributed by atoms with van der Waals surface area (Å²) < 4.78 is 0. The van der Waals surface area contributed by atoms with Crippen molar-refractivity contribution < 1.29 is 9.59 Å². The van der Waals surface area contributed by atoms with Gasteiger partial charge in [0.25, 0.3) is 0 Å². The largest absolute Gasteiger partial charge is 0.342 e. The number of hydrogen-bond acceptors (Lipinski definition) is 3. The van der Waals surface area contributed by atoms with Crippen LogP contribution in [0.5, 0.6) is 0 Å². The van der Waals surface area contributed by atoms with E-state index in [0.29, 0.717) is 25.4 Å². The lowest BCUT2D eigenvalue weighted by atomic mass is 9.97. The van der Waals surface area contributed by atoms with Crippen molar-refractivity contribution in [2.45, 2.75) is 38.8 Å². The van der Waals surface area contributed by atoms with Gasteiger partial charge in [-0.2, -0.15) is 0 Å². The summed E-state index contributed by atoms with van der Waals surface area (Å²) in [6, 6.07) is 9.71. The molecule has 24 heavy (non-hydrogen) atoms. The average Bonchev–Trinajstić information content (AvgIpc) is 2.58. The third-order valence-corrected chi connectivity index (χ3v) is 4.93. The highest BCUT2D eigenvalue weighted by Gasteiger charge is 2.43. The lowest BCUT2D eigenvalue weighted by molar-refractivity contribution is -0.153. The second-order valence-corrected chi connectivity index (χ2v) is 7.27. The molecule has 1 N–H and O–H groups in total. The van der Waals surface area contributed by atoms with Crippen molar-refractivity contribution in [3.8, 4) is 0 Å². The number of nitrogens with zero attached hydrogens (tertiary/aromatic N) is 2.